The number of methoxy groups -OCH3 is 2. The average molecular weight is 393 g/mol. The number of hydrogen-bond acceptors (Lipinski definition) is 7. The summed E-state index contributed by atoms with van der Waals surface area (Å²) in [7, 11) is 4.87. The van der Waals surface area contributed by atoms with Crippen molar-refractivity contribution in [3.05, 3.63) is 42.7 Å². The highest BCUT2D eigenvalue weighted by atomic mass is 16.5. The van der Waals surface area contributed by atoms with Crippen LogP contribution in [0.15, 0.2) is 42.7 Å². The standard InChI is InChI=1S/C19H19N7O3/c1-25-19(22-23-24-25)15-5-4-6-16-18(15)26(11-20-16)10-17(27)21-12-7-13(28-2)9-14(8-12)29-3/h4-9,11H,10H2,1-3H3,(H,21,27). The van der Waals surface area contributed by atoms with Crippen LogP contribution in [-0.2, 0) is 18.4 Å². The molecule has 0 spiro atoms. The lowest BCUT2D eigenvalue weighted by Gasteiger charge is -2.11. The minimum atomic E-state index is -0.217. The lowest BCUT2D eigenvalue weighted by Crippen LogP contribution is -2.18. The molecule has 4 rings (SSSR count). The third kappa shape index (κ3) is 3.59. The van der Waals surface area contributed by atoms with Gasteiger partial charge in [-0.25, -0.2) is 9.67 Å². The normalized spacial score (nSPS) is 10.9. The fourth-order valence-electron chi connectivity index (χ4n) is 3.12. The van der Waals surface area contributed by atoms with Gasteiger partial charge in [0.25, 0.3) is 0 Å². The zero-order valence-electron chi connectivity index (χ0n) is 16.2. The summed E-state index contributed by atoms with van der Waals surface area (Å²) in [6.45, 7) is 0.0678. The molecule has 0 fully saturated rings. The van der Waals surface area contributed by atoms with Crippen molar-refractivity contribution in [1.29, 1.82) is 0 Å². The summed E-state index contributed by atoms with van der Waals surface area (Å²) >= 11 is 0. The van der Waals surface area contributed by atoms with E-state index in [0.29, 0.717) is 23.0 Å². The Morgan fingerprint density at radius 1 is 1.14 bits per heavy atom. The van der Waals surface area contributed by atoms with Gasteiger partial charge in [-0.2, -0.15) is 0 Å². The maximum Gasteiger partial charge on any atom is 0.244 e. The monoisotopic (exact) mass is 393 g/mol. The second-order valence-corrected chi connectivity index (χ2v) is 6.32. The number of carbonyl (C=O) groups excluding carboxylic acids is 1. The van der Waals surface area contributed by atoms with Crippen LogP contribution in [0.2, 0.25) is 0 Å². The van der Waals surface area contributed by atoms with E-state index < -0.39 is 0 Å². The van der Waals surface area contributed by atoms with Gasteiger partial charge in [0.1, 0.15) is 18.0 Å². The highest BCUT2D eigenvalue weighted by Gasteiger charge is 2.16. The molecule has 2 heterocycles. The summed E-state index contributed by atoms with van der Waals surface area (Å²) in [5, 5.41) is 14.5. The van der Waals surface area contributed by atoms with Crippen molar-refractivity contribution < 1.29 is 14.3 Å². The Bertz CT molecular complexity index is 1160. The second kappa shape index (κ2) is 7.58. The van der Waals surface area contributed by atoms with Crippen molar-refractivity contribution in [1.82, 2.24) is 29.8 Å². The molecular weight excluding hydrogens is 374 g/mol. The number of imidazole rings is 1. The molecule has 0 radical (unpaired) electrons. The quantitative estimate of drug-likeness (QED) is 0.533. The fourth-order valence-corrected chi connectivity index (χ4v) is 3.12. The van der Waals surface area contributed by atoms with Gasteiger partial charge in [-0.05, 0) is 22.6 Å². The van der Waals surface area contributed by atoms with Crippen LogP contribution in [0.25, 0.3) is 22.4 Å². The Morgan fingerprint density at radius 3 is 2.55 bits per heavy atom. The molecule has 0 bridgehead atoms. The van der Waals surface area contributed by atoms with E-state index in [1.165, 1.54) is 0 Å². The van der Waals surface area contributed by atoms with Crippen molar-refractivity contribution in [3.8, 4) is 22.9 Å². The minimum absolute atomic E-state index is 0.0678. The molecule has 2 aromatic heterocycles. The number of tetrazole rings is 1. The zero-order chi connectivity index (χ0) is 20.4. The molecular formula is C19H19N7O3. The van der Waals surface area contributed by atoms with E-state index in [1.54, 1.807) is 55.0 Å². The summed E-state index contributed by atoms with van der Waals surface area (Å²) in [4.78, 5) is 17.1. The predicted molar refractivity (Wildman–Crippen MR) is 106 cm³/mol. The summed E-state index contributed by atoms with van der Waals surface area (Å²) in [5.74, 6) is 1.55. The van der Waals surface area contributed by atoms with Crippen LogP contribution in [-0.4, -0.2) is 49.9 Å². The molecule has 0 saturated carbocycles. The molecule has 0 atom stereocenters. The van der Waals surface area contributed by atoms with Crippen molar-refractivity contribution in [2.75, 3.05) is 19.5 Å². The topological polar surface area (TPSA) is 109 Å². The molecule has 10 heteroatoms. The first-order chi connectivity index (χ1) is 14.1. The third-order valence-corrected chi connectivity index (χ3v) is 4.45. The number of nitrogens with zero attached hydrogens (tertiary/aromatic N) is 6. The first-order valence-electron chi connectivity index (χ1n) is 8.78. The highest BCUT2D eigenvalue weighted by Crippen LogP contribution is 2.27. The van der Waals surface area contributed by atoms with Gasteiger partial charge in [-0.3, -0.25) is 4.79 Å². The number of rotatable bonds is 6. The minimum Gasteiger partial charge on any atom is -0.497 e. The third-order valence-electron chi connectivity index (χ3n) is 4.45. The van der Waals surface area contributed by atoms with E-state index in [4.69, 9.17) is 9.47 Å². The van der Waals surface area contributed by atoms with E-state index in [1.807, 2.05) is 18.2 Å². The number of hydrogen-bond donors (Lipinski definition) is 1. The number of aromatic nitrogens is 6. The number of nitrogens with one attached hydrogen (secondary N) is 1. The van der Waals surface area contributed by atoms with Crippen LogP contribution < -0.4 is 14.8 Å². The van der Waals surface area contributed by atoms with Gasteiger partial charge in [0.05, 0.1) is 31.6 Å². The molecule has 1 amide bonds. The van der Waals surface area contributed by atoms with Crippen LogP contribution in [0.4, 0.5) is 5.69 Å². The van der Waals surface area contributed by atoms with Crippen LogP contribution in [0.1, 0.15) is 0 Å². The van der Waals surface area contributed by atoms with Crippen LogP contribution in [0, 0.1) is 0 Å². The summed E-state index contributed by atoms with van der Waals surface area (Å²) in [5.41, 5.74) is 2.90. The Hall–Kier alpha value is -3.95. The lowest BCUT2D eigenvalue weighted by atomic mass is 10.1. The predicted octanol–water partition coefficient (Wildman–Crippen LogP) is 1.88. The lowest BCUT2D eigenvalue weighted by molar-refractivity contribution is -0.116. The molecule has 10 nitrogen and oxygen atoms in total. The van der Waals surface area contributed by atoms with Gasteiger partial charge in [0.15, 0.2) is 5.82 Å². The van der Waals surface area contributed by atoms with E-state index in [-0.39, 0.29) is 12.5 Å². The molecule has 0 aliphatic rings. The van der Waals surface area contributed by atoms with Crippen LogP contribution >= 0.6 is 0 Å². The van der Waals surface area contributed by atoms with Crippen molar-refractivity contribution in [2.24, 2.45) is 7.05 Å². The average Bonchev–Trinajstić information content (AvgIpc) is 3.33. The van der Waals surface area contributed by atoms with E-state index in [9.17, 15) is 4.79 Å². The van der Waals surface area contributed by atoms with Gasteiger partial charge in [0.2, 0.25) is 5.91 Å². The maximum atomic E-state index is 12.7. The van der Waals surface area contributed by atoms with Gasteiger partial charge in [0, 0.05) is 36.5 Å². The molecule has 2 aromatic carbocycles. The molecule has 0 aliphatic heterocycles. The number of benzene rings is 2. The molecule has 0 aliphatic carbocycles. The number of para-hydroxylation sites is 1. The molecule has 1 N–H and O–H groups in total. The Balaban J connectivity index is 1.63. The largest absolute Gasteiger partial charge is 0.497 e. The zero-order valence-corrected chi connectivity index (χ0v) is 16.2. The second-order valence-electron chi connectivity index (χ2n) is 6.32. The first-order valence-corrected chi connectivity index (χ1v) is 8.78. The van der Waals surface area contributed by atoms with Crippen molar-refractivity contribution >= 4 is 22.6 Å². The van der Waals surface area contributed by atoms with E-state index in [0.717, 1.165) is 16.6 Å². The molecule has 148 valence electrons. The van der Waals surface area contributed by atoms with Gasteiger partial charge in [-0.1, -0.05) is 6.07 Å². The Morgan fingerprint density at radius 2 is 1.90 bits per heavy atom. The number of aryl methyl sites for hydroxylation is 1. The van der Waals surface area contributed by atoms with Crippen LogP contribution in [0.3, 0.4) is 0 Å². The van der Waals surface area contributed by atoms with Crippen molar-refractivity contribution in [2.45, 2.75) is 6.54 Å². The van der Waals surface area contributed by atoms with E-state index in [2.05, 4.69) is 25.8 Å². The number of ether oxygens (including phenoxy) is 2. The van der Waals surface area contributed by atoms with Crippen LogP contribution in [0.5, 0.6) is 11.5 Å². The number of anilines is 1. The molecule has 0 unspecified atom stereocenters. The first kappa shape index (κ1) is 18.4. The Labute approximate surface area is 166 Å². The number of fused-ring (bicyclic) bond motifs is 1. The SMILES string of the molecule is COc1cc(NC(=O)Cn2cnc3cccc(-c4nnnn4C)c32)cc(OC)c1. The van der Waals surface area contributed by atoms with E-state index >= 15 is 0 Å². The molecule has 4 aromatic rings. The summed E-state index contributed by atoms with van der Waals surface area (Å²) in [6, 6.07) is 10.8. The molecule has 29 heavy (non-hydrogen) atoms. The smallest absolute Gasteiger partial charge is 0.244 e. The highest BCUT2D eigenvalue weighted by molar-refractivity contribution is 5.94. The van der Waals surface area contributed by atoms with Gasteiger partial charge < -0.3 is 19.4 Å². The van der Waals surface area contributed by atoms with Crippen molar-refractivity contribution in [3.63, 3.8) is 0 Å². The fraction of sp³-hybridized carbons (Fsp3) is 0.211. The van der Waals surface area contributed by atoms with Gasteiger partial charge in [-0.15, -0.1) is 5.10 Å². The molecule has 0 saturated heterocycles. The number of carbonyl (C=O) groups is 1. The van der Waals surface area contributed by atoms with Gasteiger partial charge >= 0.3 is 0 Å². The summed E-state index contributed by atoms with van der Waals surface area (Å²) in [6.07, 6.45) is 1.63. The number of amides is 1. The maximum absolute atomic E-state index is 12.7. The Kier molecular flexibility index (Phi) is 4.82. The summed E-state index contributed by atoms with van der Waals surface area (Å²) < 4.78 is 13.8.